The van der Waals surface area contributed by atoms with Crippen LogP contribution in [0.5, 0.6) is 5.75 Å². The van der Waals surface area contributed by atoms with E-state index in [-0.39, 0.29) is 5.56 Å². The van der Waals surface area contributed by atoms with Gasteiger partial charge in [-0.25, -0.2) is 13.2 Å². The molecule has 1 unspecified atom stereocenters. The number of halogens is 3. The molecule has 1 fully saturated rings. The standard InChI is InChI=1S/C10H10F3NO/c11-6-3-7(15)10(13)8(9(6)12)5-1-2-14-4-5/h3,5,14-15H,1-2,4H2. The molecule has 0 saturated carbocycles. The zero-order chi connectivity index (χ0) is 11.0. The van der Waals surface area contributed by atoms with E-state index in [4.69, 9.17) is 5.11 Å². The number of benzene rings is 1. The third-order valence-electron chi connectivity index (χ3n) is 2.64. The van der Waals surface area contributed by atoms with Gasteiger partial charge in [-0.3, -0.25) is 0 Å². The first-order chi connectivity index (χ1) is 7.11. The van der Waals surface area contributed by atoms with Crippen LogP contribution in [0.25, 0.3) is 0 Å². The van der Waals surface area contributed by atoms with Gasteiger partial charge in [0, 0.05) is 24.1 Å². The lowest BCUT2D eigenvalue weighted by molar-refractivity contribution is 0.399. The molecule has 0 amide bonds. The number of nitrogens with one attached hydrogen (secondary N) is 1. The SMILES string of the molecule is Oc1cc(F)c(F)c(C2CCNC2)c1F. The summed E-state index contributed by atoms with van der Waals surface area (Å²) in [6.07, 6.45) is 0.538. The number of phenolic OH excluding ortho intramolecular Hbond substituents is 1. The summed E-state index contributed by atoms with van der Waals surface area (Å²) in [6.45, 7) is 1.04. The average molecular weight is 217 g/mol. The van der Waals surface area contributed by atoms with Gasteiger partial charge in [0.15, 0.2) is 23.2 Å². The van der Waals surface area contributed by atoms with E-state index >= 15 is 0 Å². The monoisotopic (exact) mass is 217 g/mol. The maximum Gasteiger partial charge on any atom is 0.171 e. The van der Waals surface area contributed by atoms with Crippen molar-refractivity contribution < 1.29 is 18.3 Å². The molecule has 0 radical (unpaired) electrons. The molecule has 0 aliphatic carbocycles. The fourth-order valence-corrected chi connectivity index (χ4v) is 1.87. The minimum atomic E-state index is -1.21. The Morgan fingerprint density at radius 2 is 2.00 bits per heavy atom. The van der Waals surface area contributed by atoms with Crippen molar-refractivity contribution in [1.82, 2.24) is 5.32 Å². The fraction of sp³-hybridized carbons (Fsp3) is 0.400. The quantitative estimate of drug-likeness (QED) is 0.704. The van der Waals surface area contributed by atoms with E-state index in [1.807, 2.05) is 0 Å². The zero-order valence-electron chi connectivity index (χ0n) is 7.86. The van der Waals surface area contributed by atoms with Crippen molar-refractivity contribution in [3.8, 4) is 5.75 Å². The summed E-state index contributed by atoms with van der Waals surface area (Å²) in [6, 6.07) is 0.455. The number of aromatic hydroxyl groups is 1. The molecule has 1 atom stereocenters. The van der Waals surface area contributed by atoms with Gasteiger partial charge in [-0.05, 0) is 13.0 Å². The summed E-state index contributed by atoms with van der Waals surface area (Å²) in [5.74, 6) is -4.71. The van der Waals surface area contributed by atoms with Crippen LogP contribution in [-0.2, 0) is 0 Å². The molecule has 2 rings (SSSR count). The average Bonchev–Trinajstić information content (AvgIpc) is 2.69. The van der Waals surface area contributed by atoms with Crippen molar-refractivity contribution >= 4 is 0 Å². The highest BCUT2D eigenvalue weighted by Crippen LogP contribution is 2.33. The van der Waals surface area contributed by atoms with Gasteiger partial charge in [0.1, 0.15) is 0 Å². The van der Waals surface area contributed by atoms with Crippen LogP contribution in [0, 0.1) is 17.5 Å². The molecule has 2 N–H and O–H groups in total. The Balaban J connectivity index is 2.52. The van der Waals surface area contributed by atoms with Gasteiger partial charge < -0.3 is 10.4 Å². The molecule has 1 aromatic rings. The third kappa shape index (κ3) is 1.67. The molecular formula is C10H10F3NO. The second-order valence-corrected chi connectivity index (χ2v) is 3.61. The van der Waals surface area contributed by atoms with Crippen LogP contribution < -0.4 is 5.32 Å². The number of rotatable bonds is 1. The minimum Gasteiger partial charge on any atom is -0.505 e. The van der Waals surface area contributed by atoms with Gasteiger partial charge in [-0.1, -0.05) is 0 Å². The molecular weight excluding hydrogens is 207 g/mol. The highest BCUT2D eigenvalue weighted by molar-refractivity contribution is 5.35. The zero-order valence-corrected chi connectivity index (χ0v) is 7.86. The van der Waals surface area contributed by atoms with Crippen molar-refractivity contribution in [2.45, 2.75) is 12.3 Å². The summed E-state index contributed by atoms with van der Waals surface area (Å²) in [7, 11) is 0. The maximum atomic E-state index is 13.4. The van der Waals surface area contributed by atoms with Crippen LogP contribution in [0.15, 0.2) is 6.07 Å². The topological polar surface area (TPSA) is 32.3 Å². The Bertz CT molecular complexity index is 362. The lowest BCUT2D eigenvalue weighted by Crippen LogP contribution is -2.11. The molecule has 0 spiro atoms. The van der Waals surface area contributed by atoms with E-state index in [0.717, 1.165) is 0 Å². The Morgan fingerprint density at radius 3 is 2.60 bits per heavy atom. The summed E-state index contributed by atoms with van der Waals surface area (Å²) < 4.78 is 39.7. The first-order valence-electron chi connectivity index (χ1n) is 4.68. The van der Waals surface area contributed by atoms with Crippen molar-refractivity contribution in [3.63, 3.8) is 0 Å². The Kier molecular flexibility index (Phi) is 2.56. The predicted octanol–water partition coefficient (Wildman–Crippen LogP) is 1.89. The highest BCUT2D eigenvalue weighted by atomic mass is 19.2. The Labute approximate surface area is 84.7 Å². The van der Waals surface area contributed by atoms with Gasteiger partial charge >= 0.3 is 0 Å². The van der Waals surface area contributed by atoms with Gasteiger partial charge in [0.25, 0.3) is 0 Å². The molecule has 1 aliphatic rings. The van der Waals surface area contributed by atoms with Crippen LogP contribution in [0.1, 0.15) is 17.9 Å². The molecule has 1 aliphatic heterocycles. The van der Waals surface area contributed by atoms with Crippen LogP contribution in [0.4, 0.5) is 13.2 Å². The summed E-state index contributed by atoms with van der Waals surface area (Å²) in [5, 5.41) is 12.0. The smallest absolute Gasteiger partial charge is 0.171 e. The molecule has 1 heterocycles. The van der Waals surface area contributed by atoms with Gasteiger partial charge in [0.05, 0.1) is 0 Å². The van der Waals surface area contributed by atoms with Crippen molar-refractivity contribution in [3.05, 3.63) is 29.1 Å². The molecule has 5 heteroatoms. The number of hydrogen-bond donors (Lipinski definition) is 2. The lowest BCUT2D eigenvalue weighted by atomic mass is 9.96. The molecule has 1 saturated heterocycles. The van der Waals surface area contributed by atoms with E-state index in [1.165, 1.54) is 0 Å². The fourth-order valence-electron chi connectivity index (χ4n) is 1.87. The normalized spacial score (nSPS) is 20.9. The molecule has 1 aromatic carbocycles. The first-order valence-corrected chi connectivity index (χ1v) is 4.68. The van der Waals surface area contributed by atoms with Crippen molar-refractivity contribution in [2.75, 3.05) is 13.1 Å². The largest absolute Gasteiger partial charge is 0.505 e. The van der Waals surface area contributed by atoms with E-state index in [2.05, 4.69) is 5.32 Å². The predicted molar refractivity (Wildman–Crippen MR) is 48.2 cm³/mol. The van der Waals surface area contributed by atoms with Crippen LogP contribution >= 0.6 is 0 Å². The van der Waals surface area contributed by atoms with Crippen molar-refractivity contribution in [1.29, 1.82) is 0 Å². The minimum absolute atomic E-state index is 0.350. The molecule has 15 heavy (non-hydrogen) atoms. The van der Waals surface area contributed by atoms with Crippen LogP contribution in [0.2, 0.25) is 0 Å². The Hall–Kier alpha value is -1.23. The van der Waals surface area contributed by atoms with Crippen LogP contribution in [-0.4, -0.2) is 18.2 Å². The van der Waals surface area contributed by atoms with E-state index in [1.54, 1.807) is 0 Å². The summed E-state index contributed by atoms with van der Waals surface area (Å²) in [5.41, 5.74) is -0.350. The second-order valence-electron chi connectivity index (χ2n) is 3.61. The Morgan fingerprint density at radius 1 is 1.27 bits per heavy atom. The third-order valence-corrected chi connectivity index (χ3v) is 2.64. The number of hydrogen-bond acceptors (Lipinski definition) is 2. The van der Waals surface area contributed by atoms with Crippen molar-refractivity contribution in [2.24, 2.45) is 0 Å². The molecule has 0 bridgehead atoms. The molecule has 2 nitrogen and oxygen atoms in total. The molecule has 82 valence electrons. The second kappa shape index (κ2) is 3.73. The maximum absolute atomic E-state index is 13.4. The van der Waals surface area contributed by atoms with E-state index in [0.29, 0.717) is 25.6 Å². The van der Waals surface area contributed by atoms with Gasteiger partial charge in [-0.15, -0.1) is 0 Å². The van der Waals surface area contributed by atoms with Crippen LogP contribution in [0.3, 0.4) is 0 Å². The van der Waals surface area contributed by atoms with Gasteiger partial charge in [0.2, 0.25) is 0 Å². The molecule has 0 aromatic heterocycles. The lowest BCUT2D eigenvalue weighted by Gasteiger charge is -2.12. The highest BCUT2D eigenvalue weighted by Gasteiger charge is 2.27. The number of phenols is 1. The summed E-state index contributed by atoms with van der Waals surface area (Å²) in [4.78, 5) is 0. The van der Waals surface area contributed by atoms with E-state index < -0.39 is 29.1 Å². The van der Waals surface area contributed by atoms with E-state index in [9.17, 15) is 13.2 Å². The first kappa shape index (κ1) is 10.3. The van der Waals surface area contributed by atoms with Gasteiger partial charge in [-0.2, -0.15) is 0 Å². The summed E-state index contributed by atoms with van der Waals surface area (Å²) >= 11 is 0.